The van der Waals surface area contributed by atoms with Gasteiger partial charge in [0.2, 0.25) is 11.7 Å². The van der Waals surface area contributed by atoms with Crippen LogP contribution in [0.3, 0.4) is 0 Å². The number of carbonyl (C=O) groups is 1. The molecule has 0 bridgehead atoms. The van der Waals surface area contributed by atoms with Gasteiger partial charge in [-0.1, -0.05) is 24.3 Å². The Morgan fingerprint density at radius 3 is 2.53 bits per heavy atom. The molecule has 7 nitrogen and oxygen atoms in total. The number of aromatic nitrogens is 3. The van der Waals surface area contributed by atoms with Crippen molar-refractivity contribution in [2.45, 2.75) is 33.2 Å². The van der Waals surface area contributed by atoms with Crippen molar-refractivity contribution in [3.8, 4) is 0 Å². The van der Waals surface area contributed by atoms with Crippen molar-refractivity contribution in [2.75, 3.05) is 23.8 Å². The van der Waals surface area contributed by atoms with E-state index in [9.17, 15) is 9.18 Å². The lowest BCUT2D eigenvalue weighted by atomic mass is 10.1. The highest BCUT2D eigenvalue weighted by Gasteiger charge is 2.16. The molecule has 0 atom stereocenters. The van der Waals surface area contributed by atoms with Gasteiger partial charge in [0.25, 0.3) is 0 Å². The molecular formula is C21H25FN6OS. The van der Waals surface area contributed by atoms with Crippen LogP contribution in [-0.2, 0) is 24.2 Å². The Hall–Kier alpha value is -3.07. The maximum atomic E-state index is 15.0. The lowest BCUT2D eigenvalue weighted by Crippen LogP contribution is -2.23. The average molecular weight is 429 g/mol. The summed E-state index contributed by atoms with van der Waals surface area (Å²) < 4.78 is 15.0. The van der Waals surface area contributed by atoms with E-state index in [1.165, 1.54) is 11.2 Å². The Kier molecular flexibility index (Phi) is 6.94. The second kappa shape index (κ2) is 9.62. The van der Waals surface area contributed by atoms with Crippen molar-refractivity contribution in [1.29, 1.82) is 0 Å². The van der Waals surface area contributed by atoms with E-state index in [1.807, 2.05) is 45.2 Å². The van der Waals surface area contributed by atoms with Crippen LogP contribution in [0.4, 0.5) is 16.0 Å². The lowest BCUT2D eigenvalue weighted by Gasteiger charge is -2.19. The number of hydrogen-bond acceptors (Lipinski definition) is 7. The molecule has 0 spiro atoms. The van der Waals surface area contributed by atoms with Crippen molar-refractivity contribution < 1.29 is 9.18 Å². The molecule has 3 aromatic rings. The average Bonchev–Trinajstić information content (AvgIpc) is 3.03. The SMILES string of the molecule is Cc1nc(C)c(CCN(C)c2ncnc(NCc3ccc(CC(N)=O)cc3)c2F)s1. The van der Waals surface area contributed by atoms with Gasteiger partial charge in [-0.15, -0.1) is 11.3 Å². The summed E-state index contributed by atoms with van der Waals surface area (Å²) in [5, 5.41) is 4.05. The number of primary amides is 1. The molecule has 0 unspecified atom stereocenters. The highest BCUT2D eigenvalue weighted by molar-refractivity contribution is 7.11. The number of likely N-dealkylation sites (N-methyl/N-ethyl adjacent to an activating group) is 1. The second-order valence-electron chi connectivity index (χ2n) is 7.09. The molecule has 1 amide bonds. The van der Waals surface area contributed by atoms with Crippen molar-refractivity contribution in [1.82, 2.24) is 15.0 Å². The zero-order valence-electron chi connectivity index (χ0n) is 17.3. The Balaban J connectivity index is 1.62. The lowest BCUT2D eigenvalue weighted by molar-refractivity contribution is -0.117. The Morgan fingerprint density at radius 2 is 1.90 bits per heavy atom. The van der Waals surface area contributed by atoms with E-state index in [0.717, 1.165) is 28.2 Å². The topological polar surface area (TPSA) is 97.0 Å². The number of aryl methyl sites for hydroxylation is 2. The monoisotopic (exact) mass is 428 g/mol. The standard InChI is InChI=1S/C21H25FN6OS/c1-13-17(30-14(2)27-13)8-9-28(3)21-19(22)20(25-12-26-21)24-11-16-6-4-15(5-7-16)10-18(23)29/h4-7,12H,8-11H2,1-3H3,(H2,23,29)(H,24,25,26). The number of thiazole rings is 1. The van der Waals surface area contributed by atoms with Gasteiger partial charge in [0, 0.05) is 31.4 Å². The predicted octanol–water partition coefficient (Wildman–Crippen LogP) is 3.01. The van der Waals surface area contributed by atoms with Crippen LogP contribution in [0.1, 0.15) is 26.7 Å². The summed E-state index contributed by atoms with van der Waals surface area (Å²) in [6.07, 6.45) is 2.33. The number of hydrogen-bond donors (Lipinski definition) is 2. The van der Waals surface area contributed by atoms with Gasteiger partial charge in [0.15, 0.2) is 11.6 Å². The summed E-state index contributed by atoms with van der Waals surface area (Å²) in [5.41, 5.74) is 8.01. The van der Waals surface area contributed by atoms with Gasteiger partial charge < -0.3 is 16.0 Å². The Morgan fingerprint density at radius 1 is 1.20 bits per heavy atom. The molecular weight excluding hydrogens is 403 g/mol. The smallest absolute Gasteiger partial charge is 0.221 e. The predicted molar refractivity (Wildman–Crippen MR) is 117 cm³/mol. The zero-order chi connectivity index (χ0) is 21.7. The number of nitrogens with two attached hydrogens (primary N) is 1. The largest absolute Gasteiger partial charge is 0.369 e. The highest BCUT2D eigenvalue weighted by atomic mass is 32.1. The summed E-state index contributed by atoms with van der Waals surface area (Å²) in [5.74, 6) is -0.454. The van der Waals surface area contributed by atoms with Gasteiger partial charge in [0.05, 0.1) is 17.1 Å². The van der Waals surface area contributed by atoms with E-state index >= 15 is 0 Å². The van der Waals surface area contributed by atoms with Gasteiger partial charge in [-0.2, -0.15) is 4.39 Å². The van der Waals surface area contributed by atoms with Gasteiger partial charge in [-0.05, 0) is 25.0 Å². The minimum absolute atomic E-state index is 0.151. The van der Waals surface area contributed by atoms with Crippen molar-refractivity contribution in [2.24, 2.45) is 5.73 Å². The van der Waals surface area contributed by atoms with Crippen LogP contribution >= 0.6 is 11.3 Å². The first kappa shape index (κ1) is 21.6. The summed E-state index contributed by atoms with van der Waals surface area (Å²) in [7, 11) is 1.82. The molecule has 2 heterocycles. The quantitative estimate of drug-likeness (QED) is 0.544. The van der Waals surface area contributed by atoms with Crippen LogP contribution in [0.25, 0.3) is 0 Å². The molecule has 3 rings (SSSR count). The van der Waals surface area contributed by atoms with Gasteiger partial charge in [0.1, 0.15) is 6.33 Å². The van der Waals surface area contributed by atoms with E-state index in [0.29, 0.717) is 13.1 Å². The number of nitrogens with zero attached hydrogens (tertiary/aromatic N) is 4. The van der Waals surface area contributed by atoms with Gasteiger partial charge in [-0.3, -0.25) is 4.79 Å². The van der Waals surface area contributed by atoms with E-state index < -0.39 is 5.82 Å². The minimum Gasteiger partial charge on any atom is -0.369 e. The van der Waals surface area contributed by atoms with E-state index in [1.54, 1.807) is 16.2 Å². The molecule has 0 aliphatic heterocycles. The highest BCUT2D eigenvalue weighted by Crippen LogP contribution is 2.23. The first-order chi connectivity index (χ1) is 14.3. The fraction of sp³-hybridized carbons (Fsp3) is 0.333. The third-order valence-corrected chi connectivity index (χ3v) is 5.80. The molecule has 9 heteroatoms. The van der Waals surface area contributed by atoms with Crippen molar-refractivity contribution >= 4 is 28.9 Å². The molecule has 3 N–H and O–H groups in total. The first-order valence-electron chi connectivity index (χ1n) is 9.58. The molecule has 1 aromatic carbocycles. The molecule has 30 heavy (non-hydrogen) atoms. The summed E-state index contributed by atoms with van der Waals surface area (Å²) >= 11 is 1.67. The van der Waals surface area contributed by atoms with E-state index in [-0.39, 0.29) is 24.0 Å². The maximum absolute atomic E-state index is 15.0. The maximum Gasteiger partial charge on any atom is 0.221 e. The summed E-state index contributed by atoms with van der Waals surface area (Å²) in [6.45, 7) is 5.00. The third kappa shape index (κ3) is 5.50. The van der Waals surface area contributed by atoms with E-state index in [4.69, 9.17) is 5.73 Å². The third-order valence-electron chi connectivity index (χ3n) is 4.67. The molecule has 2 aromatic heterocycles. The molecule has 158 valence electrons. The molecule has 0 aliphatic rings. The fourth-order valence-electron chi connectivity index (χ4n) is 3.09. The zero-order valence-corrected chi connectivity index (χ0v) is 18.1. The molecule has 0 aliphatic carbocycles. The Labute approximate surface area is 179 Å². The number of carbonyl (C=O) groups excluding carboxylic acids is 1. The van der Waals surface area contributed by atoms with Crippen LogP contribution in [0.5, 0.6) is 0 Å². The summed E-state index contributed by atoms with van der Waals surface area (Å²) in [6, 6.07) is 7.41. The second-order valence-corrected chi connectivity index (χ2v) is 8.37. The molecule has 0 saturated carbocycles. The minimum atomic E-state index is -0.484. The van der Waals surface area contributed by atoms with Gasteiger partial charge in [-0.25, -0.2) is 15.0 Å². The number of anilines is 2. The van der Waals surface area contributed by atoms with Crippen LogP contribution in [0, 0.1) is 19.7 Å². The summed E-state index contributed by atoms with van der Waals surface area (Å²) in [4.78, 5) is 26.6. The van der Waals surface area contributed by atoms with E-state index in [2.05, 4.69) is 20.3 Å². The normalized spacial score (nSPS) is 10.8. The van der Waals surface area contributed by atoms with Crippen molar-refractivity contribution in [3.63, 3.8) is 0 Å². The number of amides is 1. The fourth-order valence-corrected chi connectivity index (χ4v) is 4.02. The first-order valence-corrected chi connectivity index (χ1v) is 10.4. The number of rotatable bonds is 9. The number of halogens is 1. The number of benzene rings is 1. The Bertz CT molecular complexity index is 1020. The van der Waals surface area contributed by atoms with Crippen LogP contribution in [0.15, 0.2) is 30.6 Å². The van der Waals surface area contributed by atoms with Crippen LogP contribution < -0.4 is 16.0 Å². The molecule has 0 saturated heterocycles. The van der Waals surface area contributed by atoms with Gasteiger partial charge >= 0.3 is 0 Å². The number of nitrogens with one attached hydrogen (secondary N) is 1. The molecule has 0 radical (unpaired) electrons. The molecule has 0 fully saturated rings. The van der Waals surface area contributed by atoms with Crippen molar-refractivity contribution in [3.05, 3.63) is 63.1 Å². The van der Waals surface area contributed by atoms with Crippen LogP contribution in [-0.4, -0.2) is 34.5 Å². The van der Waals surface area contributed by atoms with Crippen LogP contribution in [0.2, 0.25) is 0 Å².